The lowest BCUT2D eigenvalue weighted by Gasteiger charge is -2.44. The molecule has 2 fully saturated rings. The molecule has 2 aliphatic heterocycles. The first kappa shape index (κ1) is 24.4. The van der Waals surface area contributed by atoms with Crippen molar-refractivity contribution in [2.24, 2.45) is 0 Å². The molecule has 2 saturated heterocycles. The monoisotopic (exact) mass is 448 g/mol. The molecule has 0 spiro atoms. The van der Waals surface area contributed by atoms with Crippen molar-refractivity contribution >= 4 is 35.6 Å². The van der Waals surface area contributed by atoms with E-state index in [1.54, 1.807) is 0 Å². The van der Waals surface area contributed by atoms with Crippen LogP contribution in [0.5, 0.6) is 0 Å². The Morgan fingerprint density at radius 3 is 1.97 bits per heavy atom. The Balaban J connectivity index is 2.34. The molecule has 10 nitrogen and oxygen atoms in total. The minimum Gasteiger partial charge on any atom is -0.465 e. The number of ether oxygens (including phenoxy) is 6. The van der Waals surface area contributed by atoms with Crippen LogP contribution in [-0.4, -0.2) is 72.4 Å². The molecule has 0 amide bonds. The predicted octanol–water partition coefficient (Wildman–Crippen LogP) is 1.33. The summed E-state index contributed by atoms with van der Waals surface area (Å²) in [5.74, 6) is -2.41. The Morgan fingerprint density at radius 1 is 0.833 bits per heavy atom. The molecule has 0 radical (unpaired) electrons. The number of esters is 4. The highest BCUT2D eigenvalue weighted by Crippen LogP contribution is 2.40. The fraction of sp³-hybridized carbons (Fsp3) is 0.789. The molecule has 2 unspecified atom stereocenters. The van der Waals surface area contributed by atoms with Crippen LogP contribution in [0.1, 0.15) is 47.0 Å². The second-order valence-electron chi connectivity index (χ2n) is 7.00. The number of thioether (sulfide) groups is 1. The van der Waals surface area contributed by atoms with E-state index in [0.29, 0.717) is 13.0 Å². The number of rotatable bonds is 7. The summed E-state index contributed by atoms with van der Waals surface area (Å²) in [5.41, 5.74) is -0.797. The van der Waals surface area contributed by atoms with Crippen LogP contribution < -0.4 is 0 Å². The zero-order chi connectivity index (χ0) is 22.3. The smallest absolute Gasteiger partial charge is 0.303 e. The molecule has 0 bridgehead atoms. The lowest BCUT2D eigenvalue weighted by Crippen LogP contribution is -2.59. The van der Waals surface area contributed by atoms with E-state index < -0.39 is 59.2 Å². The van der Waals surface area contributed by atoms with E-state index in [1.165, 1.54) is 39.5 Å². The lowest BCUT2D eigenvalue weighted by molar-refractivity contribution is -0.220. The van der Waals surface area contributed by atoms with Gasteiger partial charge in [-0.2, -0.15) is 0 Å². The van der Waals surface area contributed by atoms with Crippen molar-refractivity contribution in [1.29, 1.82) is 0 Å². The van der Waals surface area contributed by atoms with E-state index in [1.807, 2.05) is 0 Å². The third kappa shape index (κ3) is 7.44. The molecule has 0 aromatic carbocycles. The normalized spacial score (nSPS) is 31.3. The summed E-state index contributed by atoms with van der Waals surface area (Å²) in [6.45, 7) is 5.30. The standard InChI is InChI=1S/C19H28O10S/c1-10(20)25-9-14-16(26-11(2)21)17(27-12(3)22)18(28-13(4)23)19(30-14)29-15-7-5-6-8-24-15/h14-19H,5-9H2,1-4H3/t14-,15?,16-,17+,18-,19?/m1/s1. The number of hydrogen-bond acceptors (Lipinski definition) is 11. The summed E-state index contributed by atoms with van der Waals surface area (Å²) in [6.07, 6.45) is -1.25. The van der Waals surface area contributed by atoms with Gasteiger partial charge in [0.25, 0.3) is 0 Å². The van der Waals surface area contributed by atoms with Crippen LogP contribution in [0.25, 0.3) is 0 Å². The van der Waals surface area contributed by atoms with Gasteiger partial charge in [0.15, 0.2) is 24.6 Å². The van der Waals surface area contributed by atoms with Crippen LogP contribution in [0.4, 0.5) is 0 Å². The van der Waals surface area contributed by atoms with Crippen molar-refractivity contribution in [2.45, 2.75) is 82.2 Å². The van der Waals surface area contributed by atoms with Crippen molar-refractivity contribution in [2.75, 3.05) is 13.2 Å². The number of hydrogen-bond donors (Lipinski definition) is 0. The average Bonchev–Trinajstić information content (AvgIpc) is 2.64. The summed E-state index contributed by atoms with van der Waals surface area (Å²) in [4.78, 5) is 46.6. The Kier molecular flexibility index (Phi) is 9.37. The Labute approximate surface area is 179 Å². The highest BCUT2D eigenvalue weighted by Gasteiger charge is 2.52. The quantitative estimate of drug-likeness (QED) is 0.414. The van der Waals surface area contributed by atoms with Crippen LogP contribution in [-0.2, 0) is 47.6 Å². The predicted molar refractivity (Wildman–Crippen MR) is 103 cm³/mol. The van der Waals surface area contributed by atoms with E-state index >= 15 is 0 Å². The molecule has 2 aliphatic rings. The zero-order valence-corrected chi connectivity index (χ0v) is 18.3. The van der Waals surface area contributed by atoms with Crippen LogP contribution in [0.3, 0.4) is 0 Å². The van der Waals surface area contributed by atoms with Crippen LogP contribution in [0.2, 0.25) is 0 Å². The Morgan fingerprint density at radius 2 is 1.43 bits per heavy atom. The van der Waals surface area contributed by atoms with Gasteiger partial charge in [0.05, 0.1) is 5.25 Å². The second-order valence-corrected chi connectivity index (χ2v) is 8.34. The fourth-order valence-corrected chi connectivity index (χ4v) is 4.68. The zero-order valence-electron chi connectivity index (χ0n) is 17.5. The molecular formula is C19H28O10S. The highest BCUT2D eigenvalue weighted by atomic mass is 32.2. The van der Waals surface area contributed by atoms with Gasteiger partial charge in [-0.25, -0.2) is 0 Å². The molecule has 2 heterocycles. The molecular weight excluding hydrogens is 420 g/mol. The average molecular weight is 448 g/mol. The van der Waals surface area contributed by atoms with E-state index in [-0.39, 0.29) is 6.61 Å². The van der Waals surface area contributed by atoms with Crippen molar-refractivity contribution < 1.29 is 47.6 Å². The first-order chi connectivity index (χ1) is 14.2. The molecule has 0 aromatic rings. The van der Waals surface area contributed by atoms with Crippen LogP contribution in [0.15, 0.2) is 0 Å². The molecule has 0 N–H and O–H groups in total. The number of carbonyl (C=O) groups excluding carboxylic acids is 4. The SMILES string of the molecule is CC(=O)OC[C@H]1SC(OC2CCCCO2)[C@H](OC(C)=O)[C@@H](OC(C)=O)[C@@H]1OC(C)=O. The lowest BCUT2D eigenvalue weighted by atomic mass is 10.0. The first-order valence-corrected chi connectivity index (χ1v) is 10.7. The molecule has 0 aromatic heterocycles. The van der Waals surface area contributed by atoms with Gasteiger partial charge in [0.1, 0.15) is 12.0 Å². The summed E-state index contributed by atoms with van der Waals surface area (Å²) >= 11 is 1.17. The third-order valence-electron chi connectivity index (χ3n) is 4.37. The topological polar surface area (TPSA) is 124 Å². The molecule has 11 heteroatoms. The van der Waals surface area contributed by atoms with E-state index in [4.69, 9.17) is 28.4 Å². The van der Waals surface area contributed by atoms with Gasteiger partial charge in [0.2, 0.25) is 0 Å². The van der Waals surface area contributed by atoms with Crippen molar-refractivity contribution in [3.05, 3.63) is 0 Å². The molecule has 30 heavy (non-hydrogen) atoms. The Hall–Kier alpha value is -1.85. The first-order valence-electron chi connectivity index (χ1n) is 9.75. The maximum absolute atomic E-state index is 11.8. The van der Waals surface area contributed by atoms with Gasteiger partial charge >= 0.3 is 23.9 Å². The van der Waals surface area contributed by atoms with Gasteiger partial charge in [-0.05, 0) is 19.3 Å². The Bertz CT molecular complexity index is 633. The highest BCUT2D eigenvalue weighted by molar-refractivity contribution is 8.00. The largest absolute Gasteiger partial charge is 0.465 e. The van der Waals surface area contributed by atoms with Gasteiger partial charge < -0.3 is 28.4 Å². The van der Waals surface area contributed by atoms with Gasteiger partial charge in [-0.15, -0.1) is 11.8 Å². The maximum atomic E-state index is 11.8. The number of carbonyl (C=O) groups is 4. The maximum Gasteiger partial charge on any atom is 0.303 e. The fourth-order valence-electron chi connectivity index (χ4n) is 3.27. The summed E-state index contributed by atoms with van der Waals surface area (Å²) in [5, 5.41) is -0.623. The summed E-state index contributed by atoms with van der Waals surface area (Å²) in [6, 6.07) is 0. The van der Waals surface area contributed by atoms with Crippen molar-refractivity contribution in [3.63, 3.8) is 0 Å². The van der Waals surface area contributed by atoms with Gasteiger partial charge in [-0.3, -0.25) is 19.2 Å². The molecule has 170 valence electrons. The second kappa shape index (κ2) is 11.5. The molecule has 6 atom stereocenters. The van der Waals surface area contributed by atoms with Gasteiger partial charge in [-0.1, -0.05) is 0 Å². The van der Waals surface area contributed by atoms with E-state index in [0.717, 1.165) is 12.8 Å². The summed E-state index contributed by atoms with van der Waals surface area (Å²) < 4.78 is 33.0. The third-order valence-corrected chi connectivity index (χ3v) is 5.77. The van der Waals surface area contributed by atoms with E-state index in [2.05, 4.69) is 0 Å². The minimum atomic E-state index is -1.15. The van der Waals surface area contributed by atoms with Crippen molar-refractivity contribution in [1.82, 2.24) is 0 Å². The van der Waals surface area contributed by atoms with Crippen molar-refractivity contribution in [3.8, 4) is 0 Å². The van der Waals surface area contributed by atoms with Gasteiger partial charge in [0, 0.05) is 34.3 Å². The molecule has 2 rings (SSSR count). The minimum absolute atomic E-state index is 0.117. The van der Waals surface area contributed by atoms with Crippen LogP contribution >= 0.6 is 11.8 Å². The molecule has 0 saturated carbocycles. The summed E-state index contributed by atoms with van der Waals surface area (Å²) in [7, 11) is 0. The molecule has 0 aliphatic carbocycles. The van der Waals surface area contributed by atoms with E-state index in [9.17, 15) is 19.2 Å². The van der Waals surface area contributed by atoms with Crippen LogP contribution in [0, 0.1) is 0 Å².